The molecule has 4 unspecified atom stereocenters. The number of nitrogens with one attached hydrogen (secondary N) is 2. The molecule has 0 aliphatic carbocycles. The third-order valence-corrected chi connectivity index (χ3v) is 3.83. The number of ether oxygens (including phenoxy) is 1. The molecule has 0 aromatic heterocycles. The van der Waals surface area contributed by atoms with Crippen molar-refractivity contribution in [2.24, 2.45) is 0 Å². The molecule has 112 valence electrons. The molecule has 1 aliphatic rings. The number of unbranched alkanes of at least 4 members (excludes halogenated alkanes) is 2. The summed E-state index contributed by atoms with van der Waals surface area (Å²) in [7, 11) is 1.73. The van der Waals surface area contributed by atoms with Gasteiger partial charge in [0, 0.05) is 13.5 Å². The lowest BCUT2D eigenvalue weighted by atomic mass is 9.95. The van der Waals surface area contributed by atoms with E-state index in [1.165, 1.54) is 0 Å². The normalized spacial score (nSPS) is 28.7. The highest BCUT2D eigenvalue weighted by atomic mass is 32.1. The van der Waals surface area contributed by atoms with Crippen LogP contribution >= 0.6 is 12.2 Å². The van der Waals surface area contributed by atoms with Crippen molar-refractivity contribution in [1.82, 2.24) is 10.6 Å². The number of thiocarbonyl (C=S) groups is 1. The van der Waals surface area contributed by atoms with Crippen LogP contribution in [0.4, 0.5) is 0 Å². The van der Waals surface area contributed by atoms with Gasteiger partial charge in [0.1, 0.15) is 0 Å². The van der Waals surface area contributed by atoms with Crippen LogP contribution in [-0.4, -0.2) is 53.3 Å². The van der Waals surface area contributed by atoms with E-state index in [0.717, 1.165) is 25.7 Å². The van der Waals surface area contributed by atoms with E-state index in [1.54, 1.807) is 7.05 Å². The second-order valence-electron chi connectivity index (χ2n) is 5.07. The Morgan fingerprint density at radius 2 is 2.21 bits per heavy atom. The highest BCUT2D eigenvalue weighted by Gasteiger charge is 2.33. The first-order chi connectivity index (χ1) is 9.08. The summed E-state index contributed by atoms with van der Waals surface area (Å²) in [5.74, 6) is 0. The number of aliphatic hydroxyl groups excluding tert-OH is 2. The first-order valence-electron chi connectivity index (χ1n) is 7.04. The van der Waals surface area contributed by atoms with Crippen molar-refractivity contribution in [2.45, 2.75) is 63.4 Å². The van der Waals surface area contributed by atoms with E-state index < -0.39 is 12.2 Å². The zero-order valence-corrected chi connectivity index (χ0v) is 12.6. The monoisotopic (exact) mass is 290 g/mol. The predicted octanol–water partition coefficient (Wildman–Crippen LogP) is 0.540. The Bertz CT molecular complexity index is 279. The molecule has 1 fully saturated rings. The van der Waals surface area contributed by atoms with E-state index in [0.29, 0.717) is 18.1 Å². The molecule has 5 nitrogen and oxygen atoms in total. The lowest BCUT2D eigenvalue weighted by Crippen LogP contribution is -2.55. The zero-order valence-electron chi connectivity index (χ0n) is 11.8. The van der Waals surface area contributed by atoms with Gasteiger partial charge in [-0.1, -0.05) is 26.2 Å². The molecule has 1 rings (SSSR count). The lowest BCUT2D eigenvalue weighted by Gasteiger charge is -2.36. The van der Waals surface area contributed by atoms with Gasteiger partial charge in [0.25, 0.3) is 0 Å². The van der Waals surface area contributed by atoms with Gasteiger partial charge >= 0.3 is 0 Å². The molecule has 19 heavy (non-hydrogen) atoms. The molecule has 1 saturated heterocycles. The van der Waals surface area contributed by atoms with Gasteiger partial charge < -0.3 is 25.6 Å². The third kappa shape index (κ3) is 5.60. The van der Waals surface area contributed by atoms with Crippen LogP contribution in [0.25, 0.3) is 0 Å². The Morgan fingerprint density at radius 1 is 1.47 bits per heavy atom. The topological polar surface area (TPSA) is 73.8 Å². The summed E-state index contributed by atoms with van der Waals surface area (Å²) in [6, 6.07) is -0.209. The molecule has 0 radical (unpaired) electrons. The Labute approximate surface area is 120 Å². The summed E-state index contributed by atoms with van der Waals surface area (Å²) in [5, 5.41) is 26.4. The van der Waals surface area contributed by atoms with Crippen LogP contribution < -0.4 is 10.6 Å². The molecular formula is C13H26N2O3S. The summed E-state index contributed by atoms with van der Waals surface area (Å²) in [4.78, 5) is 0. The summed E-state index contributed by atoms with van der Waals surface area (Å²) < 4.78 is 5.64. The van der Waals surface area contributed by atoms with Gasteiger partial charge in [-0.2, -0.15) is 0 Å². The average Bonchev–Trinajstić information content (AvgIpc) is 2.41. The fraction of sp³-hybridized carbons (Fsp3) is 0.923. The van der Waals surface area contributed by atoms with E-state index >= 15 is 0 Å². The van der Waals surface area contributed by atoms with Crippen molar-refractivity contribution < 1.29 is 14.9 Å². The van der Waals surface area contributed by atoms with Crippen LogP contribution in [0.3, 0.4) is 0 Å². The first-order valence-corrected chi connectivity index (χ1v) is 7.45. The van der Waals surface area contributed by atoms with Gasteiger partial charge in [-0.25, -0.2) is 0 Å². The minimum absolute atomic E-state index is 0.209. The fourth-order valence-electron chi connectivity index (χ4n) is 2.24. The highest BCUT2D eigenvalue weighted by Crippen LogP contribution is 2.20. The van der Waals surface area contributed by atoms with Gasteiger partial charge in [0.05, 0.1) is 31.0 Å². The molecule has 0 aromatic rings. The number of rotatable bonds is 6. The molecule has 0 saturated carbocycles. The van der Waals surface area contributed by atoms with Gasteiger partial charge in [-0.15, -0.1) is 0 Å². The van der Waals surface area contributed by atoms with Crippen molar-refractivity contribution in [3.63, 3.8) is 0 Å². The fourth-order valence-corrected chi connectivity index (χ4v) is 2.40. The van der Waals surface area contributed by atoms with E-state index in [2.05, 4.69) is 17.6 Å². The summed E-state index contributed by atoms with van der Waals surface area (Å²) >= 11 is 5.00. The molecule has 0 aromatic carbocycles. The maximum absolute atomic E-state index is 10.1. The van der Waals surface area contributed by atoms with Gasteiger partial charge in [-0.3, -0.25) is 0 Å². The minimum Gasteiger partial charge on any atom is -0.391 e. The standard InChI is InChI=1S/C13H26N2O3S/c1-3-4-5-6-10(16)12-7-11(17)9(8-18-12)15-13(19)14-2/h9-12,16-17H,3-8H2,1-2H3,(H2,14,15,19). The van der Waals surface area contributed by atoms with Crippen LogP contribution in [0.15, 0.2) is 0 Å². The third-order valence-electron chi connectivity index (χ3n) is 3.50. The lowest BCUT2D eigenvalue weighted by molar-refractivity contribution is -0.111. The smallest absolute Gasteiger partial charge is 0.166 e. The molecule has 6 heteroatoms. The van der Waals surface area contributed by atoms with E-state index in [9.17, 15) is 10.2 Å². The second-order valence-corrected chi connectivity index (χ2v) is 5.48. The maximum Gasteiger partial charge on any atom is 0.166 e. The highest BCUT2D eigenvalue weighted by molar-refractivity contribution is 7.80. The molecule has 0 amide bonds. The first kappa shape index (κ1) is 16.6. The SMILES string of the molecule is CCCCCC(O)C1CC(O)C(NC(=S)NC)CO1. The predicted molar refractivity (Wildman–Crippen MR) is 79.1 cm³/mol. The summed E-state index contributed by atoms with van der Waals surface area (Å²) in [6.45, 7) is 2.49. The van der Waals surface area contributed by atoms with Crippen LogP contribution in [0.2, 0.25) is 0 Å². The second kappa shape index (κ2) is 8.68. The van der Waals surface area contributed by atoms with E-state index in [-0.39, 0.29) is 12.1 Å². The Balaban J connectivity index is 2.33. The molecule has 0 bridgehead atoms. The van der Waals surface area contributed by atoms with Gasteiger partial charge in [0.2, 0.25) is 0 Å². The quantitative estimate of drug-likeness (QED) is 0.423. The number of aliphatic hydroxyl groups is 2. The molecule has 0 spiro atoms. The minimum atomic E-state index is -0.550. The van der Waals surface area contributed by atoms with Crippen molar-refractivity contribution in [2.75, 3.05) is 13.7 Å². The van der Waals surface area contributed by atoms with E-state index in [1.807, 2.05) is 0 Å². The number of hydrogen-bond acceptors (Lipinski definition) is 4. The largest absolute Gasteiger partial charge is 0.391 e. The van der Waals surface area contributed by atoms with Crippen molar-refractivity contribution >= 4 is 17.3 Å². The van der Waals surface area contributed by atoms with Crippen molar-refractivity contribution in [3.8, 4) is 0 Å². The zero-order chi connectivity index (χ0) is 14.3. The number of hydrogen-bond donors (Lipinski definition) is 4. The Hall–Kier alpha value is -0.430. The van der Waals surface area contributed by atoms with Gasteiger partial charge in [0.15, 0.2) is 5.11 Å². The summed E-state index contributed by atoms with van der Waals surface area (Å²) in [6.07, 6.45) is 3.12. The van der Waals surface area contributed by atoms with Crippen LogP contribution in [-0.2, 0) is 4.74 Å². The van der Waals surface area contributed by atoms with Gasteiger partial charge in [-0.05, 0) is 18.6 Å². The summed E-state index contributed by atoms with van der Waals surface area (Å²) in [5.41, 5.74) is 0. The van der Waals surface area contributed by atoms with Crippen LogP contribution in [0.5, 0.6) is 0 Å². The van der Waals surface area contributed by atoms with Crippen molar-refractivity contribution in [1.29, 1.82) is 0 Å². The van der Waals surface area contributed by atoms with E-state index in [4.69, 9.17) is 17.0 Å². The Kier molecular flexibility index (Phi) is 7.60. The average molecular weight is 290 g/mol. The molecule has 4 atom stereocenters. The molecule has 1 aliphatic heterocycles. The van der Waals surface area contributed by atoms with Crippen molar-refractivity contribution in [3.05, 3.63) is 0 Å². The molecular weight excluding hydrogens is 264 g/mol. The molecule has 4 N–H and O–H groups in total. The van der Waals surface area contributed by atoms with Crippen LogP contribution in [0.1, 0.15) is 39.0 Å². The molecule has 1 heterocycles. The Morgan fingerprint density at radius 3 is 2.79 bits per heavy atom. The maximum atomic E-state index is 10.1. The van der Waals surface area contributed by atoms with Crippen LogP contribution in [0, 0.1) is 0 Å².